The van der Waals surface area contributed by atoms with E-state index in [-0.39, 0.29) is 12.1 Å². The first-order valence-electron chi connectivity index (χ1n) is 2.66. The van der Waals surface area contributed by atoms with Crippen molar-refractivity contribution in [1.82, 2.24) is 16.8 Å². The molecule has 0 aromatic rings. The largest absolute Gasteiger partial charge is 0.344 e. The highest BCUT2D eigenvalue weighted by atomic mass is 16.2. The van der Waals surface area contributed by atoms with E-state index in [1.165, 1.54) is 0 Å². The second-order valence-electron chi connectivity index (χ2n) is 2.53. The maximum Gasteiger partial charge on any atom is 0.322 e. The molecule has 1 heterocycles. The van der Waals surface area contributed by atoms with Crippen LogP contribution in [0.4, 0.5) is 4.79 Å². The Morgan fingerprint density at radius 3 is 1.90 bits per heavy atom. The summed E-state index contributed by atoms with van der Waals surface area (Å²) in [7, 11) is 0. The summed E-state index contributed by atoms with van der Waals surface area (Å²) >= 11 is 0. The lowest BCUT2D eigenvalue weighted by molar-refractivity contribution is -0.122. The first-order chi connectivity index (χ1) is 4.02. The molecule has 0 saturated carbocycles. The fourth-order valence-corrected chi connectivity index (χ4v) is 0.631. The van der Waals surface area contributed by atoms with Crippen LogP contribution >= 0.6 is 0 Å². The average Bonchev–Trinajstić information content (AvgIpc) is 1.79. The van der Waals surface area contributed by atoms with Gasteiger partial charge >= 0.3 is 6.03 Å². The van der Waals surface area contributed by atoms with Crippen molar-refractivity contribution in [2.24, 2.45) is 0 Å². The Morgan fingerprint density at radius 1 is 1.30 bits per heavy atom. The van der Waals surface area contributed by atoms with E-state index in [1.54, 1.807) is 13.8 Å². The molecule has 0 atom stereocenters. The molecule has 58 valence electrons. The Hall–Kier alpha value is -1.10. The third-order valence-electron chi connectivity index (χ3n) is 1.22. The molecule has 0 radical (unpaired) electrons. The lowest BCUT2D eigenvalue weighted by Gasteiger charge is -2.11. The highest BCUT2D eigenvalue weighted by molar-refractivity contribution is 6.06. The maximum absolute atomic E-state index is 10.7. The van der Waals surface area contributed by atoms with Crippen molar-refractivity contribution < 1.29 is 9.59 Å². The topological polar surface area (TPSA) is 93.2 Å². The van der Waals surface area contributed by atoms with Gasteiger partial charge in [-0.2, -0.15) is 0 Å². The minimum Gasteiger partial charge on any atom is -0.344 e. The summed E-state index contributed by atoms with van der Waals surface area (Å²) in [6.45, 7) is 3.29. The van der Waals surface area contributed by atoms with E-state index in [2.05, 4.69) is 10.6 Å². The monoisotopic (exact) mass is 145 g/mol. The van der Waals surface area contributed by atoms with Crippen LogP contribution in [0.2, 0.25) is 0 Å². The average molecular weight is 145 g/mol. The molecule has 5 heteroatoms. The number of nitrogens with one attached hydrogen (secondary N) is 2. The van der Waals surface area contributed by atoms with E-state index >= 15 is 0 Å². The molecule has 0 aromatic carbocycles. The van der Waals surface area contributed by atoms with Gasteiger partial charge in [0, 0.05) is 0 Å². The Balaban J connectivity index is 0.000000810. The molecule has 0 aromatic heterocycles. The first kappa shape index (κ1) is 8.90. The van der Waals surface area contributed by atoms with Crippen LogP contribution in [0.15, 0.2) is 0 Å². The van der Waals surface area contributed by atoms with Crippen molar-refractivity contribution in [3.8, 4) is 0 Å². The summed E-state index contributed by atoms with van der Waals surface area (Å²) in [4.78, 5) is 21.1. The van der Waals surface area contributed by atoms with Gasteiger partial charge in [0.15, 0.2) is 0 Å². The van der Waals surface area contributed by atoms with Gasteiger partial charge in [0.1, 0.15) is 5.54 Å². The molecular weight excluding hydrogens is 134 g/mol. The fraction of sp³-hybridized carbons (Fsp3) is 0.600. The van der Waals surface area contributed by atoms with Gasteiger partial charge in [-0.25, -0.2) is 4.79 Å². The Kier molecular flexibility index (Phi) is 2.01. The van der Waals surface area contributed by atoms with Crippen molar-refractivity contribution in [1.29, 1.82) is 0 Å². The molecule has 5 nitrogen and oxygen atoms in total. The number of carbonyl (C=O) groups excluding carboxylic acids is 2. The highest BCUT2D eigenvalue weighted by Crippen LogP contribution is 2.05. The number of imide groups is 1. The fourth-order valence-electron chi connectivity index (χ4n) is 0.631. The van der Waals surface area contributed by atoms with Crippen LogP contribution in [0, 0.1) is 0 Å². The van der Waals surface area contributed by atoms with E-state index in [4.69, 9.17) is 0 Å². The van der Waals surface area contributed by atoms with E-state index < -0.39 is 11.6 Å². The Bertz CT molecular complexity index is 176. The van der Waals surface area contributed by atoms with Crippen molar-refractivity contribution in [2.75, 3.05) is 0 Å². The predicted octanol–water partition coefficient (Wildman–Crippen LogP) is -0.234. The van der Waals surface area contributed by atoms with Crippen molar-refractivity contribution in [3.05, 3.63) is 0 Å². The van der Waals surface area contributed by atoms with Crippen LogP contribution in [0.25, 0.3) is 0 Å². The minimum atomic E-state index is -0.725. The van der Waals surface area contributed by atoms with Gasteiger partial charge in [-0.15, -0.1) is 0 Å². The highest BCUT2D eigenvalue weighted by Gasteiger charge is 2.36. The zero-order valence-electron chi connectivity index (χ0n) is 6.02. The van der Waals surface area contributed by atoms with Crippen LogP contribution in [0.5, 0.6) is 0 Å². The minimum absolute atomic E-state index is 0. The zero-order chi connectivity index (χ0) is 7.07. The number of urea groups is 1. The summed E-state index contributed by atoms with van der Waals surface area (Å²) in [6.07, 6.45) is 0. The van der Waals surface area contributed by atoms with Crippen molar-refractivity contribution in [2.45, 2.75) is 19.4 Å². The third kappa shape index (κ3) is 1.24. The predicted molar refractivity (Wildman–Crippen MR) is 35.8 cm³/mol. The van der Waals surface area contributed by atoms with E-state index in [1.807, 2.05) is 0 Å². The molecule has 5 N–H and O–H groups in total. The van der Waals surface area contributed by atoms with Crippen LogP contribution in [0.1, 0.15) is 13.8 Å². The molecule has 1 saturated heterocycles. The molecule has 1 fully saturated rings. The van der Waals surface area contributed by atoms with Gasteiger partial charge < -0.3 is 11.5 Å². The molecule has 10 heavy (non-hydrogen) atoms. The second-order valence-corrected chi connectivity index (χ2v) is 2.53. The van der Waals surface area contributed by atoms with Crippen LogP contribution < -0.4 is 16.8 Å². The number of rotatable bonds is 0. The van der Waals surface area contributed by atoms with Gasteiger partial charge in [-0.3, -0.25) is 10.1 Å². The molecule has 1 rings (SSSR count). The van der Waals surface area contributed by atoms with Gasteiger partial charge in [0.2, 0.25) is 0 Å². The number of carbonyl (C=O) groups is 2. The molecule has 3 amide bonds. The molecule has 0 aliphatic carbocycles. The van der Waals surface area contributed by atoms with Crippen molar-refractivity contribution in [3.63, 3.8) is 0 Å². The normalized spacial score (nSPS) is 21.0. The van der Waals surface area contributed by atoms with Crippen LogP contribution in [0.3, 0.4) is 0 Å². The van der Waals surface area contributed by atoms with E-state index in [0.29, 0.717) is 0 Å². The lowest BCUT2D eigenvalue weighted by Crippen LogP contribution is -2.39. The van der Waals surface area contributed by atoms with Gasteiger partial charge in [-0.05, 0) is 13.8 Å². The molecule has 1 aliphatic heterocycles. The first-order valence-corrected chi connectivity index (χ1v) is 2.66. The van der Waals surface area contributed by atoms with Gasteiger partial charge in [0.05, 0.1) is 0 Å². The van der Waals surface area contributed by atoms with Crippen molar-refractivity contribution >= 4 is 11.9 Å². The van der Waals surface area contributed by atoms with E-state index in [0.717, 1.165) is 0 Å². The number of amides is 3. The molecule has 0 spiro atoms. The lowest BCUT2D eigenvalue weighted by atomic mass is 10.1. The molecule has 1 aliphatic rings. The van der Waals surface area contributed by atoms with Gasteiger partial charge in [0.25, 0.3) is 5.91 Å². The Labute approximate surface area is 58.8 Å². The number of hydrogen-bond acceptors (Lipinski definition) is 3. The third-order valence-corrected chi connectivity index (χ3v) is 1.22. The summed E-state index contributed by atoms with van der Waals surface area (Å²) < 4.78 is 0. The smallest absolute Gasteiger partial charge is 0.322 e. The van der Waals surface area contributed by atoms with Crippen LogP contribution in [-0.4, -0.2) is 17.5 Å². The quantitative estimate of drug-likeness (QED) is 0.411. The molecule has 0 unspecified atom stereocenters. The summed E-state index contributed by atoms with van der Waals surface area (Å²) in [5.41, 5.74) is -0.725. The summed E-state index contributed by atoms with van der Waals surface area (Å²) in [5.74, 6) is -0.271. The zero-order valence-corrected chi connectivity index (χ0v) is 6.02. The number of hydrogen-bond donors (Lipinski definition) is 3. The molecular formula is C5H11N3O2. The summed E-state index contributed by atoms with van der Waals surface area (Å²) in [6, 6.07) is -0.412. The maximum atomic E-state index is 10.7. The molecule has 0 bridgehead atoms. The van der Waals surface area contributed by atoms with Crippen LogP contribution in [-0.2, 0) is 4.79 Å². The van der Waals surface area contributed by atoms with E-state index in [9.17, 15) is 9.59 Å². The SMILES string of the molecule is CC1(C)NC(=O)NC1=O.N. The second kappa shape index (κ2) is 2.26. The summed E-state index contributed by atoms with van der Waals surface area (Å²) in [5, 5.41) is 4.56. The standard InChI is InChI=1S/C5H8N2O2.H3N/c1-5(2)3(8)6-4(9)7-5;/h1-2H3,(H2,6,7,8,9);1H3. The Morgan fingerprint density at radius 2 is 1.80 bits per heavy atom. The van der Waals surface area contributed by atoms with Gasteiger partial charge in [-0.1, -0.05) is 0 Å².